The summed E-state index contributed by atoms with van der Waals surface area (Å²) in [6.45, 7) is 7.82. The predicted molar refractivity (Wildman–Crippen MR) is 115 cm³/mol. The summed E-state index contributed by atoms with van der Waals surface area (Å²) in [5.74, 6) is -0.157. The van der Waals surface area contributed by atoms with Crippen LogP contribution in [0, 0.1) is 0 Å². The fraction of sp³-hybridized carbons (Fsp3) is 0.286. The van der Waals surface area contributed by atoms with Gasteiger partial charge in [0.25, 0.3) is 0 Å². The monoisotopic (exact) mass is 386 g/mol. The number of halogens is 1. The molecule has 0 aliphatic rings. The zero-order valence-corrected chi connectivity index (χ0v) is 16.4. The second kappa shape index (κ2) is 10.7. The fourth-order valence-corrected chi connectivity index (χ4v) is 2.82. The predicted octanol–water partition coefficient (Wildman–Crippen LogP) is 4.03. The number of carbonyl (C=O) groups is 1. The molecule has 5 nitrogen and oxygen atoms in total. The number of rotatable bonds is 10. The molecule has 0 saturated carbocycles. The largest absolute Gasteiger partial charge is 0.385 e. The molecular formula is C21H27ClN4O. The summed E-state index contributed by atoms with van der Waals surface area (Å²) < 4.78 is 0. The Morgan fingerprint density at radius 2 is 1.96 bits per heavy atom. The number of hydrogen-bond acceptors (Lipinski definition) is 4. The topological polar surface area (TPSA) is 79.2 Å². The van der Waals surface area contributed by atoms with E-state index in [0.29, 0.717) is 23.8 Å². The summed E-state index contributed by atoms with van der Waals surface area (Å²) >= 11 is 5.96. The highest BCUT2D eigenvalue weighted by Crippen LogP contribution is 2.24. The zero-order chi connectivity index (χ0) is 19.6. The van der Waals surface area contributed by atoms with Crippen LogP contribution in [0.1, 0.15) is 30.5 Å². The van der Waals surface area contributed by atoms with Crippen molar-refractivity contribution in [3.63, 3.8) is 0 Å². The molecular weight excluding hydrogens is 360 g/mol. The SMILES string of the molecule is C=Cc1cc(NC(=O)C(NCCN)c2ccc(Cl)cc2)ccc1NCCC. The number of hydrogen-bond donors (Lipinski definition) is 4. The Kier molecular flexibility index (Phi) is 8.33. The summed E-state index contributed by atoms with van der Waals surface area (Å²) in [6.07, 6.45) is 2.81. The third kappa shape index (κ3) is 6.10. The molecule has 27 heavy (non-hydrogen) atoms. The van der Waals surface area contributed by atoms with Crippen LogP contribution in [0.3, 0.4) is 0 Å². The van der Waals surface area contributed by atoms with Crippen LogP contribution in [0.2, 0.25) is 5.02 Å². The van der Waals surface area contributed by atoms with E-state index in [2.05, 4.69) is 29.5 Å². The van der Waals surface area contributed by atoms with Crippen LogP contribution < -0.4 is 21.7 Å². The van der Waals surface area contributed by atoms with Gasteiger partial charge >= 0.3 is 0 Å². The standard InChI is InChI=1S/C21H27ClN4O/c1-3-12-24-19-10-9-18(14-15(19)4-2)26-21(27)20(25-13-11-23)16-5-7-17(22)8-6-16/h4-10,14,20,24-25H,2-3,11-13,23H2,1H3,(H,26,27). The maximum absolute atomic E-state index is 12.9. The molecule has 5 N–H and O–H groups in total. The molecule has 0 aliphatic heterocycles. The molecule has 2 aromatic rings. The highest BCUT2D eigenvalue weighted by molar-refractivity contribution is 6.30. The summed E-state index contributed by atoms with van der Waals surface area (Å²) in [6, 6.07) is 12.4. The van der Waals surface area contributed by atoms with Gasteiger partial charge in [-0.3, -0.25) is 4.79 Å². The second-order valence-corrected chi connectivity index (χ2v) is 6.59. The van der Waals surface area contributed by atoms with Gasteiger partial charge in [0.2, 0.25) is 5.91 Å². The number of amides is 1. The van der Waals surface area contributed by atoms with Gasteiger partial charge in [-0.25, -0.2) is 0 Å². The van der Waals surface area contributed by atoms with Crippen LogP contribution in [0.25, 0.3) is 6.08 Å². The van der Waals surface area contributed by atoms with E-state index in [0.717, 1.165) is 29.8 Å². The van der Waals surface area contributed by atoms with Crippen molar-refractivity contribution in [3.05, 3.63) is 65.2 Å². The minimum absolute atomic E-state index is 0.157. The molecule has 0 aliphatic carbocycles. The lowest BCUT2D eigenvalue weighted by molar-refractivity contribution is -0.118. The lowest BCUT2D eigenvalue weighted by atomic mass is 10.1. The van der Waals surface area contributed by atoms with Crippen LogP contribution in [-0.4, -0.2) is 25.5 Å². The van der Waals surface area contributed by atoms with Crippen LogP contribution in [0.15, 0.2) is 49.0 Å². The average molecular weight is 387 g/mol. The van der Waals surface area contributed by atoms with Crippen molar-refractivity contribution >= 4 is 35.0 Å². The van der Waals surface area contributed by atoms with Crippen molar-refractivity contribution in [2.24, 2.45) is 5.73 Å². The first-order chi connectivity index (χ1) is 13.1. The van der Waals surface area contributed by atoms with Gasteiger partial charge < -0.3 is 21.7 Å². The summed E-state index contributed by atoms with van der Waals surface area (Å²) in [7, 11) is 0. The molecule has 2 aromatic carbocycles. The molecule has 2 rings (SSSR count). The van der Waals surface area contributed by atoms with E-state index in [1.54, 1.807) is 18.2 Å². The van der Waals surface area contributed by atoms with Gasteiger partial charge in [0.1, 0.15) is 6.04 Å². The van der Waals surface area contributed by atoms with Gasteiger partial charge in [0.05, 0.1) is 0 Å². The molecule has 0 heterocycles. The van der Waals surface area contributed by atoms with Gasteiger partial charge in [0, 0.05) is 36.0 Å². The van der Waals surface area contributed by atoms with Crippen molar-refractivity contribution in [2.75, 3.05) is 30.3 Å². The molecule has 0 fully saturated rings. The molecule has 1 amide bonds. The van der Waals surface area contributed by atoms with E-state index in [4.69, 9.17) is 17.3 Å². The molecule has 144 valence electrons. The van der Waals surface area contributed by atoms with Crippen LogP contribution in [0.5, 0.6) is 0 Å². The Hall–Kier alpha value is -2.34. The summed E-state index contributed by atoms with van der Waals surface area (Å²) in [5, 5.41) is 10.1. The molecule has 0 saturated heterocycles. The average Bonchev–Trinajstić information content (AvgIpc) is 2.68. The minimum Gasteiger partial charge on any atom is -0.385 e. The minimum atomic E-state index is -0.518. The van der Waals surface area contributed by atoms with Crippen LogP contribution in [-0.2, 0) is 4.79 Å². The van der Waals surface area contributed by atoms with Gasteiger partial charge in [0.15, 0.2) is 0 Å². The normalized spacial score (nSPS) is 11.7. The van der Waals surface area contributed by atoms with Crippen LogP contribution >= 0.6 is 11.6 Å². The van der Waals surface area contributed by atoms with E-state index >= 15 is 0 Å². The number of carbonyl (C=O) groups excluding carboxylic acids is 1. The highest BCUT2D eigenvalue weighted by atomic mass is 35.5. The Morgan fingerprint density at radius 3 is 2.59 bits per heavy atom. The van der Waals surface area contributed by atoms with Crippen molar-refractivity contribution in [1.29, 1.82) is 0 Å². The zero-order valence-electron chi connectivity index (χ0n) is 15.6. The van der Waals surface area contributed by atoms with Crippen molar-refractivity contribution < 1.29 is 4.79 Å². The quantitative estimate of drug-likeness (QED) is 0.497. The molecule has 0 aromatic heterocycles. The number of nitrogens with two attached hydrogens (primary N) is 1. The molecule has 0 bridgehead atoms. The Labute approximate surface area is 166 Å². The van der Waals surface area contributed by atoms with E-state index in [1.807, 2.05) is 30.3 Å². The Bertz CT molecular complexity index is 761. The molecule has 1 atom stereocenters. The smallest absolute Gasteiger partial charge is 0.246 e. The maximum Gasteiger partial charge on any atom is 0.246 e. The first-order valence-electron chi connectivity index (χ1n) is 9.09. The van der Waals surface area contributed by atoms with Gasteiger partial charge in [-0.05, 0) is 47.9 Å². The van der Waals surface area contributed by atoms with E-state index in [9.17, 15) is 4.79 Å². The number of nitrogens with one attached hydrogen (secondary N) is 3. The third-order valence-electron chi connectivity index (χ3n) is 4.06. The van der Waals surface area contributed by atoms with Gasteiger partial charge in [-0.15, -0.1) is 0 Å². The van der Waals surface area contributed by atoms with E-state index < -0.39 is 6.04 Å². The Balaban J connectivity index is 2.18. The lowest BCUT2D eigenvalue weighted by Crippen LogP contribution is -2.35. The first kappa shape index (κ1) is 21.0. The Morgan fingerprint density at radius 1 is 1.22 bits per heavy atom. The highest BCUT2D eigenvalue weighted by Gasteiger charge is 2.20. The number of anilines is 2. The second-order valence-electron chi connectivity index (χ2n) is 6.15. The fourth-order valence-electron chi connectivity index (χ4n) is 2.69. The third-order valence-corrected chi connectivity index (χ3v) is 4.31. The summed E-state index contributed by atoms with van der Waals surface area (Å²) in [5.41, 5.74) is 9.08. The lowest BCUT2D eigenvalue weighted by Gasteiger charge is -2.19. The molecule has 0 spiro atoms. The number of benzene rings is 2. The van der Waals surface area contributed by atoms with Crippen molar-refractivity contribution in [1.82, 2.24) is 5.32 Å². The first-order valence-corrected chi connectivity index (χ1v) is 9.47. The maximum atomic E-state index is 12.9. The summed E-state index contributed by atoms with van der Waals surface area (Å²) in [4.78, 5) is 12.9. The van der Waals surface area contributed by atoms with Crippen molar-refractivity contribution in [3.8, 4) is 0 Å². The van der Waals surface area contributed by atoms with Gasteiger partial charge in [-0.2, -0.15) is 0 Å². The van der Waals surface area contributed by atoms with Gasteiger partial charge in [-0.1, -0.05) is 43.3 Å². The molecule has 1 unspecified atom stereocenters. The van der Waals surface area contributed by atoms with Crippen molar-refractivity contribution in [2.45, 2.75) is 19.4 Å². The molecule has 0 radical (unpaired) electrons. The van der Waals surface area contributed by atoms with E-state index in [-0.39, 0.29) is 5.91 Å². The molecule has 6 heteroatoms. The van der Waals surface area contributed by atoms with Crippen LogP contribution in [0.4, 0.5) is 11.4 Å². The van der Waals surface area contributed by atoms with E-state index in [1.165, 1.54) is 0 Å².